The average molecular weight is 303 g/mol. The molecule has 7 heteroatoms. The molecular weight excluding hydrogens is 294 g/mol. The summed E-state index contributed by atoms with van der Waals surface area (Å²) in [5.74, 6) is -0.729. The number of H-pyrrole nitrogens is 1. The van der Waals surface area contributed by atoms with Gasteiger partial charge in [-0.15, -0.1) is 0 Å². The maximum atomic E-state index is 12.6. The molecule has 110 valence electrons. The molecule has 0 saturated heterocycles. The maximum Gasteiger partial charge on any atom is 0.263 e. The summed E-state index contributed by atoms with van der Waals surface area (Å²) in [4.78, 5) is 30.4. The zero-order valence-corrected chi connectivity index (χ0v) is 11.8. The Kier molecular flexibility index (Phi) is 2.71. The standard InChI is InChI=1S/C16H9N5O2/c17-5-9-1-3-10(4-2-9)8-21-15(22)12-6-18-14-11(7-19-20-14)13(12)16(21)23/h1-4,6-7H,8H2,(H,18,19,20). The van der Waals surface area contributed by atoms with Gasteiger partial charge in [-0.3, -0.25) is 19.6 Å². The highest BCUT2D eigenvalue weighted by Crippen LogP contribution is 2.29. The van der Waals surface area contributed by atoms with E-state index in [1.807, 2.05) is 6.07 Å². The van der Waals surface area contributed by atoms with E-state index in [2.05, 4.69) is 15.2 Å². The van der Waals surface area contributed by atoms with Crippen molar-refractivity contribution < 1.29 is 9.59 Å². The molecule has 1 N–H and O–H groups in total. The quantitative estimate of drug-likeness (QED) is 0.725. The molecule has 3 heterocycles. The number of aromatic nitrogens is 3. The molecule has 2 aromatic heterocycles. The summed E-state index contributed by atoms with van der Waals surface area (Å²) >= 11 is 0. The lowest BCUT2D eigenvalue weighted by atomic mass is 10.1. The predicted molar refractivity (Wildman–Crippen MR) is 79.2 cm³/mol. The molecule has 0 saturated carbocycles. The van der Waals surface area contributed by atoms with Gasteiger partial charge in [0.15, 0.2) is 5.65 Å². The van der Waals surface area contributed by atoms with Crippen molar-refractivity contribution in [1.82, 2.24) is 20.1 Å². The highest BCUT2D eigenvalue weighted by molar-refractivity contribution is 6.25. The number of nitrogens with one attached hydrogen (secondary N) is 1. The number of nitrogens with zero attached hydrogens (tertiary/aromatic N) is 4. The fourth-order valence-corrected chi connectivity index (χ4v) is 2.68. The highest BCUT2D eigenvalue weighted by Gasteiger charge is 2.37. The Morgan fingerprint density at radius 2 is 1.91 bits per heavy atom. The van der Waals surface area contributed by atoms with Crippen molar-refractivity contribution in [2.24, 2.45) is 0 Å². The van der Waals surface area contributed by atoms with Gasteiger partial charge < -0.3 is 0 Å². The van der Waals surface area contributed by atoms with Crippen LogP contribution in [0.15, 0.2) is 36.7 Å². The number of carbonyl (C=O) groups excluding carboxylic acids is 2. The topological polar surface area (TPSA) is 103 Å². The Bertz CT molecular complexity index is 997. The van der Waals surface area contributed by atoms with Gasteiger partial charge >= 0.3 is 0 Å². The fraction of sp³-hybridized carbons (Fsp3) is 0.0625. The molecule has 4 rings (SSSR count). The van der Waals surface area contributed by atoms with Crippen LogP contribution in [0.25, 0.3) is 11.0 Å². The second kappa shape index (κ2) is 4.74. The van der Waals surface area contributed by atoms with Crippen molar-refractivity contribution in [3.8, 4) is 6.07 Å². The molecule has 2 amide bonds. The second-order valence-corrected chi connectivity index (χ2v) is 5.18. The molecule has 0 atom stereocenters. The van der Waals surface area contributed by atoms with Gasteiger partial charge in [-0.25, -0.2) is 4.98 Å². The van der Waals surface area contributed by atoms with Crippen LogP contribution in [-0.4, -0.2) is 31.9 Å². The van der Waals surface area contributed by atoms with Crippen LogP contribution in [0.2, 0.25) is 0 Å². The van der Waals surface area contributed by atoms with E-state index in [1.165, 1.54) is 17.3 Å². The van der Waals surface area contributed by atoms with Crippen molar-refractivity contribution in [2.75, 3.05) is 0 Å². The van der Waals surface area contributed by atoms with Crippen LogP contribution < -0.4 is 0 Å². The number of hydrogen-bond acceptors (Lipinski definition) is 5. The largest absolute Gasteiger partial charge is 0.270 e. The number of hydrogen-bond donors (Lipinski definition) is 1. The van der Waals surface area contributed by atoms with E-state index in [0.29, 0.717) is 22.2 Å². The molecule has 0 bridgehead atoms. The van der Waals surface area contributed by atoms with Gasteiger partial charge in [0.05, 0.1) is 40.9 Å². The minimum Gasteiger partial charge on any atom is -0.270 e. The number of imide groups is 1. The Morgan fingerprint density at radius 1 is 1.13 bits per heavy atom. The highest BCUT2D eigenvalue weighted by atomic mass is 16.2. The van der Waals surface area contributed by atoms with Crippen molar-refractivity contribution in [3.63, 3.8) is 0 Å². The van der Waals surface area contributed by atoms with Gasteiger partial charge in [0, 0.05) is 6.20 Å². The number of pyridine rings is 1. The summed E-state index contributed by atoms with van der Waals surface area (Å²) in [5.41, 5.74) is 2.40. The number of aromatic amines is 1. The molecule has 23 heavy (non-hydrogen) atoms. The first-order valence-electron chi connectivity index (χ1n) is 6.86. The minimum atomic E-state index is -0.370. The number of benzene rings is 1. The van der Waals surface area contributed by atoms with E-state index < -0.39 is 0 Å². The number of carbonyl (C=O) groups is 2. The Hall–Kier alpha value is -3.53. The lowest BCUT2D eigenvalue weighted by molar-refractivity contribution is 0.0643. The Labute approximate surface area is 130 Å². The molecule has 0 fully saturated rings. The number of nitriles is 1. The molecule has 0 aliphatic carbocycles. The molecule has 0 spiro atoms. The van der Waals surface area contributed by atoms with Crippen LogP contribution >= 0.6 is 0 Å². The van der Waals surface area contributed by atoms with Crippen molar-refractivity contribution in [1.29, 1.82) is 5.26 Å². The molecule has 7 nitrogen and oxygen atoms in total. The molecule has 0 radical (unpaired) electrons. The van der Waals surface area contributed by atoms with E-state index >= 15 is 0 Å². The molecule has 1 aromatic carbocycles. The summed E-state index contributed by atoms with van der Waals surface area (Å²) in [6.07, 6.45) is 2.90. The van der Waals surface area contributed by atoms with Gasteiger partial charge in [-0.1, -0.05) is 12.1 Å². The van der Waals surface area contributed by atoms with Crippen LogP contribution in [0.4, 0.5) is 0 Å². The Balaban J connectivity index is 1.72. The average Bonchev–Trinajstić information content (AvgIpc) is 3.14. The molecule has 1 aliphatic rings. The van der Waals surface area contributed by atoms with Crippen LogP contribution in [0.5, 0.6) is 0 Å². The summed E-state index contributed by atoms with van der Waals surface area (Å²) in [5, 5.41) is 15.9. The third kappa shape index (κ3) is 1.89. The van der Waals surface area contributed by atoms with Gasteiger partial charge in [-0.05, 0) is 17.7 Å². The normalized spacial score (nSPS) is 13.4. The number of fused-ring (bicyclic) bond motifs is 3. The molecular formula is C16H9N5O2. The number of rotatable bonds is 2. The zero-order valence-electron chi connectivity index (χ0n) is 11.8. The number of amides is 2. The lowest BCUT2D eigenvalue weighted by Crippen LogP contribution is -2.29. The summed E-state index contributed by atoms with van der Waals surface area (Å²) in [6.45, 7) is 0.150. The van der Waals surface area contributed by atoms with E-state index in [0.717, 1.165) is 5.56 Å². The van der Waals surface area contributed by atoms with Gasteiger partial charge in [0.2, 0.25) is 0 Å². The fourth-order valence-electron chi connectivity index (χ4n) is 2.68. The third-order valence-electron chi connectivity index (χ3n) is 3.84. The monoisotopic (exact) mass is 303 g/mol. The maximum absolute atomic E-state index is 12.6. The van der Waals surface area contributed by atoms with Gasteiger partial charge in [0.1, 0.15) is 0 Å². The molecule has 3 aromatic rings. The van der Waals surface area contributed by atoms with Crippen LogP contribution in [0.3, 0.4) is 0 Å². The molecule has 1 aliphatic heterocycles. The predicted octanol–water partition coefficient (Wildman–Crippen LogP) is 1.63. The van der Waals surface area contributed by atoms with E-state index in [9.17, 15) is 9.59 Å². The zero-order chi connectivity index (χ0) is 16.0. The van der Waals surface area contributed by atoms with E-state index in [1.54, 1.807) is 24.3 Å². The van der Waals surface area contributed by atoms with E-state index in [-0.39, 0.29) is 23.9 Å². The van der Waals surface area contributed by atoms with Crippen molar-refractivity contribution in [3.05, 3.63) is 58.9 Å². The smallest absolute Gasteiger partial charge is 0.263 e. The summed E-state index contributed by atoms with van der Waals surface area (Å²) < 4.78 is 0. The van der Waals surface area contributed by atoms with Crippen LogP contribution in [0.1, 0.15) is 31.8 Å². The molecule has 0 unspecified atom stereocenters. The minimum absolute atomic E-state index is 0.150. The van der Waals surface area contributed by atoms with Gasteiger partial charge in [0.25, 0.3) is 11.8 Å². The third-order valence-corrected chi connectivity index (χ3v) is 3.84. The first-order valence-corrected chi connectivity index (χ1v) is 6.86. The van der Waals surface area contributed by atoms with E-state index in [4.69, 9.17) is 5.26 Å². The first-order chi connectivity index (χ1) is 11.2. The Morgan fingerprint density at radius 3 is 2.65 bits per heavy atom. The SMILES string of the molecule is N#Cc1ccc(CN2C(=O)c3cnc4[nH]ncc4c3C2=O)cc1. The van der Waals surface area contributed by atoms with Crippen molar-refractivity contribution in [2.45, 2.75) is 6.54 Å². The second-order valence-electron chi connectivity index (χ2n) is 5.18. The summed E-state index contributed by atoms with van der Waals surface area (Å²) in [6, 6.07) is 8.80. The van der Waals surface area contributed by atoms with Crippen molar-refractivity contribution >= 4 is 22.8 Å². The summed E-state index contributed by atoms with van der Waals surface area (Å²) in [7, 11) is 0. The van der Waals surface area contributed by atoms with Gasteiger partial charge in [-0.2, -0.15) is 10.4 Å². The lowest BCUT2D eigenvalue weighted by Gasteiger charge is -2.13. The van der Waals surface area contributed by atoms with Crippen LogP contribution in [-0.2, 0) is 6.54 Å². The first kappa shape index (κ1) is 13.2. The van der Waals surface area contributed by atoms with Crippen LogP contribution in [0, 0.1) is 11.3 Å².